The van der Waals surface area contributed by atoms with Crippen LogP contribution in [0.3, 0.4) is 0 Å². The zero-order chi connectivity index (χ0) is 15.2. The maximum absolute atomic E-state index is 9.09. The average molecular weight is 342 g/mol. The lowest BCUT2D eigenvalue weighted by atomic mass is 10.1. The van der Waals surface area contributed by atoms with E-state index < -0.39 is 0 Å². The lowest BCUT2D eigenvalue weighted by Crippen LogP contribution is -2.02. The normalized spacial score (nSPS) is 9.52. The molecule has 1 N–H and O–H groups in total. The Morgan fingerprint density at radius 2 is 1.86 bits per heavy atom. The molecular weight excluding hydrogens is 330 g/mol. The zero-order valence-corrected chi connectivity index (χ0v) is 12.9. The van der Waals surface area contributed by atoms with Crippen LogP contribution < -0.4 is 10.1 Å². The summed E-state index contributed by atoms with van der Waals surface area (Å²) in [5, 5.41) is 21.4. The van der Waals surface area contributed by atoms with E-state index in [0.717, 1.165) is 15.7 Å². The molecular formula is C16H12BrN3O. The Kier molecular flexibility index (Phi) is 4.81. The smallest absolute Gasteiger partial charge is 0.136 e. The van der Waals surface area contributed by atoms with E-state index in [1.54, 1.807) is 18.2 Å². The van der Waals surface area contributed by atoms with Crippen molar-refractivity contribution in [3.8, 4) is 17.9 Å². The Bertz CT molecular complexity index is 744. The molecule has 2 aromatic rings. The van der Waals surface area contributed by atoms with Crippen molar-refractivity contribution in [1.29, 1.82) is 10.5 Å². The number of benzene rings is 2. The van der Waals surface area contributed by atoms with Gasteiger partial charge in [0.2, 0.25) is 0 Å². The van der Waals surface area contributed by atoms with Gasteiger partial charge in [-0.15, -0.1) is 0 Å². The SMILES string of the molecule is COc1ccc(CNc2cc(Br)ccc2C#N)cc1C#N. The van der Waals surface area contributed by atoms with Crippen molar-refractivity contribution < 1.29 is 4.74 Å². The summed E-state index contributed by atoms with van der Waals surface area (Å²) < 4.78 is 6.01. The number of rotatable bonds is 4. The summed E-state index contributed by atoms with van der Waals surface area (Å²) in [4.78, 5) is 0. The van der Waals surface area contributed by atoms with Gasteiger partial charge in [0.05, 0.1) is 23.9 Å². The van der Waals surface area contributed by atoms with E-state index in [2.05, 4.69) is 33.4 Å². The predicted octanol–water partition coefficient (Wildman–Crippen LogP) is 3.81. The first kappa shape index (κ1) is 14.9. The van der Waals surface area contributed by atoms with Gasteiger partial charge in [-0.25, -0.2) is 0 Å². The average Bonchev–Trinajstić information content (AvgIpc) is 2.52. The Morgan fingerprint density at radius 1 is 1.10 bits per heavy atom. The van der Waals surface area contributed by atoms with Crippen LogP contribution in [-0.2, 0) is 6.54 Å². The van der Waals surface area contributed by atoms with Gasteiger partial charge in [-0.2, -0.15) is 10.5 Å². The fourth-order valence-electron chi connectivity index (χ4n) is 1.91. The lowest BCUT2D eigenvalue weighted by Gasteiger charge is -2.10. The summed E-state index contributed by atoms with van der Waals surface area (Å²) >= 11 is 3.38. The van der Waals surface area contributed by atoms with Gasteiger partial charge in [0.25, 0.3) is 0 Å². The fraction of sp³-hybridized carbons (Fsp3) is 0.125. The van der Waals surface area contributed by atoms with Crippen LogP contribution in [0.15, 0.2) is 40.9 Å². The maximum Gasteiger partial charge on any atom is 0.136 e. The number of hydrogen-bond acceptors (Lipinski definition) is 4. The molecule has 0 spiro atoms. The number of ether oxygens (including phenoxy) is 1. The third-order valence-corrected chi connectivity index (χ3v) is 3.46. The van der Waals surface area contributed by atoms with Gasteiger partial charge in [-0.05, 0) is 35.9 Å². The second kappa shape index (κ2) is 6.78. The van der Waals surface area contributed by atoms with E-state index in [1.807, 2.05) is 18.2 Å². The minimum atomic E-state index is 0.492. The summed E-state index contributed by atoms with van der Waals surface area (Å²) in [5.41, 5.74) is 2.76. The Morgan fingerprint density at radius 3 is 2.52 bits per heavy atom. The van der Waals surface area contributed by atoms with Crippen molar-refractivity contribution in [3.05, 3.63) is 57.6 Å². The molecule has 0 bridgehead atoms. The molecule has 2 aromatic carbocycles. The van der Waals surface area contributed by atoms with E-state index in [-0.39, 0.29) is 0 Å². The monoisotopic (exact) mass is 341 g/mol. The number of nitriles is 2. The van der Waals surface area contributed by atoms with Gasteiger partial charge in [-0.1, -0.05) is 22.0 Å². The van der Waals surface area contributed by atoms with Crippen LogP contribution in [-0.4, -0.2) is 7.11 Å². The van der Waals surface area contributed by atoms with Crippen LogP contribution in [0.2, 0.25) is 0 Å². The van der Waals surface area contributed by atoms with Gasteiger partial charge in [0.15, 0.2) is 0 Å². The summed E-state index contributed by atoms with van der Waals surface area (Å²) in [6.07, 6.45) is 0. The van der Waals surface area contributed by atoms with Crippen molar-refractivity contribution in [2.45, 2.75) is 6.54 Å². The number of anilines is 1. The molecule has 0 saturated carbocycles. The van der Waals surface area contributed by atoms with Gasteiger partial charge >= 0.3 is 0 Å². The highest BCUT2D eigenvalue weighted by Gasteiger charge is 2.06. The highest BCUT2D eigenvalue weighted by atomic mass is 79.9. The molecule has 0 aliphatic carbocycles. The van der Waals surface area contributed by atoms with Crippen LogP contribution in [0.1, 0.15) is 16.7 Å². The molecule has 104 valence electrons. The van der Waals surface area contributed by atoms with Gasteiger partial charge in [0, 0.05) is 11.0 Å². The number of nitrogens with zero attached hydrogens (tertiary/aromatic N) is 2. The molecule has 0 unspecified atom stereocenters. The maximum atomic E-state index is 9.09. The molecule has 0 aliphatic heterocycles. The first-order chi connectivity index (χ1) is 10.2. The quantitative estimate of drug-likeness (QED) is 0.917. The largest absolute Gasteiger partial charge is 0.495 e. The van der Waals surface area contributed by atoms with Crippen LogP contribution in [0.4, 0.5) is 5.69 Å². The number of halogens is 1. The minimum absolute atomic E-state index is 0.492. The van der Waals surface area contributed by atoms with E-state index in [9.17, 15) is 0 Å². The standard InChI is InChI=1S/C16H12BrN3O/c1-21-16-5-2-11(6-13(16)9-19)10-20-15-7-14(17)4-3-12(15)8-18/h2-7,20H,10H2,1H3. The van der Waals surface area contributed by atoms with Crippen molar-refractivity contribution in [2.24, 2.45) is 0 Å². The Labute approximate surface area is 131 Å². The highest BCUT2D eigenvalue weighted by molar-refractivity contribution is 9.10. The van der Waals surface area contributed by atoms with Gasteiger partial charge < -0.3 is 10.1 Å². The van der Waals surface area contributed by atoms with Crippen LogP contribution in [0.25, 0.3) is 0 Å². The summed E-state index contributed by atoms with van der Waals surface area (Å²) in [7, 11) is 1.54. The first-order valence-corrected chi connectivity index (χ1v) is 6.97. The Balaban J connectivity index is 2.19. The molecule has 0 aliphatic rings. The Hall–Kier alpha value is -2.50. The number of hydrogen-bond donors (Lipinski definition) is 1. The van der Waals surface area contributed by atoms with E-state index >= 15 is 0 Å². The summed E-state index contributed by atoms with van der Waals surface area (Å²) in [5.74, 6) is 0.557. The molecule has 5 heteroatoms. The second-order valence-electron chi connectivity index (χ2n) is 4.30. The molecule has 2 rings (SSSR count). The van der Waals surface area contributed by atoms with Crippen molar-refractivity contribution in [2.75, 3.05) is 12.4 Å². The van der Waals surface area contributed by atoms with Crippen molar-refractivity contribution in [1.82, 2.24) is 0 Å². The van der Waals surface area contributed by atoms with Crippen LogP contribution in [0, 0.1) is 22.7 Å². The number of nitrogens with one attached hydrogen (secondary N) is 1. The third kappa shape index (κ3) is 3.53. The molecule has 0 heterocycles. The van der Waals surface area contributed by atoms with E-state index in [0.29, 0.717) is 23.4 Å². The highest BCUT2D eigenvalue weighted by Crippen LogP contribution is 2.23. The van der Waals surface area contributed by atoms with Crippen molar-refractivity contribution in [3.63, 3.8) is 0 Å². The van der Waals surface area contributed by atoms with Crippen molar-refractivity contribution >= 4 is 21.6 Å². The third-order valence-electron chi connectivity index (χ3n) is 2.97. The molecule has 4 nitrogen and oxygen atoms in total. The summed E-state index contributed by atoms with van der Waals surface area (Å²) in [6.45, 7) is 0.518. The van der Waals surface area contributed by atoms with Crippen LogP contribution >= 0.6 is 15.9 Å². The molecule has 0 amide bonds. The molecule has 0 radical (unpaired) electrons. The lowest BCUT2D eigenvalue weighted by molar-refractivity contribution is 0.413. The molecule has 0 saturated heterocycles. The van der Waals surface area contributed by atoms with Gasteiger partial charge in [0.1, 0.15) is 17.9 Å². The van der Waals surface area contributed by atoms with Crippen LogP contribution in [0.5, 0.6) is 5.75 Å². The molecule has 21 heavy (non-hydrogen) atoms. The minimum Gasteiger partial charge on any atom is -0.495 e. The number of methoxy groups -OCH3 is 1. The van der Waals surface area contributed by atoms with E-state index in [4.69, 9.17) is 15.3 Å². The zero-order valence-electron chi connectivity index (χ0n) is 11.4. The van der Waals surface area contributed by atoms with E-state index in [1.165, 1.54) is 7.11 Å². The summed E-state index contributed by atoms with van der Waals surface area (Å²) in [6, 6.07) is 15.1. The predicted molar refractivity (Wildman–Crippen MR) is 83.9 cm³/mol. The topological polar surface area (TPSA) is 68.8 Å². The second-order valence-corrected chi connectivity index (χ2v) is 5.22. The molecule has 0 fully saturated rings. The first-order valence-electron chi connectivity index (χ1n) is 6.18. The fourth-order valence-corrected chi connectivity index (χ4v) is 2.27. The molecule has 0 atom stereocenters. The van der Waals surface area contributed by atoms with Gasteiger partial charge in [-0.3, -0.25) is 0 Å². The molecule has 0 aromatic heterocycles.